The fourth-order valence-corrected chi connectivity index (χ4v) is 4.85. The summed E-state index contributed by atoms with van der Waals surface area (Å²) in [5.41, 5.74) is 2.64. The summed E-state index contributed by atoms with van der Waals surface area (Å²) < 4.78 is 29.3. The summed E-state index contributed by atoms with van der Waals surface area (Å²) in [5, 5.41) is 4.15. The van der Waals surface area contributed by atoms with Crippen molar-refractivity contribution < 1.29 is 17.9 Å². The highest BCUT2D eigenvalue weighted by Crippen LogP contribution is 2.28. The lowest BCUT2D eigenvalue weighted by Crippen LogP contribution is -2.44. The number of carbonyl (C=O) groups is 1. The van der Waals surface area contributed by atoms with Gasteiger partial charge in [0.05, 0.1) is 11.5 Å². The van der Waals surface area contributed by atoms with Gasteiger partial charge in [-0.15, -0.1) is 0 Å². The van der Waals surface area contributed by atoms with Crippen LogP contribution >= 0.6 is 0 Å². The largest absolute Gasteiger partial charge is 0.493 e. The molecule has 7 nitrogen and oxygen atoms in total. The minimum absolute atomic E-state index is 0.0745. The fraction of sp³-hybridized carbons (Fsp3) is 0.375. The number of aromatic amines is 1. The summed E-state index contributed by atoms with van der Waals surface area (Å²) in [7, 11) is -3.34. The second kappa shape index (κ2) is 9.34. The van der Waals surface area contributed by atoms with Crippen LogP contribution in [0.1, 0.15) is 35.7 Å². The Bertz CT molecular complexity index is 1210. The highest BCUT2D eigenvalue weighted by atomic mass is 32.2. The van der Waals surface area contributed by atoms with Crippen molar-refractivity contribution in [1.82, 2.24) is 15.2 Å². The number of rotatable bonds is 7. The normalized spacial score (nSPS) is 15.7. The topological polar surface area (TPSA) is 91.5 Å². The van der Waals surface area contributed by atoms with Crippen LogP contribution in [0.5, 0.6) is 5.75 Å². The second-order valence-corrected chi connectivity index (χ2v) is 10.3. The number of amides is 1. The van der Waals surface area contributed by atoms with Crippen LogP contribution in [0.4, 0.5) is 0 Å². The second-order valence-electron chi connectivity index (χ2n) is 8.29. The molecule has 0 saturated carbocycles. The first kappa shape index (κ1) is 22.4. The lowest BCUT2D eigenvalue weighted by Gasteiger charge is -2.32. The third kappa shape index (κ3) is 5.14. The number of nitrogens with zero attached hydrogens (tertiary/aromatic N) is 1. The van der Waals surface area contributed by atoms with Crippen LogP contribution in [-0.4, -0.2) is 56.2 Å². The Kier molecular flexibility index (Phi) is 6.53. The monoisotopic (exact) mass is 455 g/mol. The number of benzene rings is 2. The summed E-state index contributed by atoms with van der Waals surface area (Å²) in [6.45, 7) is 5.19. The number of nitrogens with one attached hydrogen (secondary N) is 2. The standard InChI is InChI=1S/C24H29N3O4S/c1-3-31-23-14-17(13-22-21(23)7-10-25-22)16-27-11-8-19(9-12-27)26-24(28)18-5-4-6-20(15-18)32(2,29)30/h4-7,10,13-15,19,25H,3,8-9,11-12,16H2,1-2H3,(H,26,28). The maximum atomic E-state index is 12.6. The van der Waals surface area contributed by atoms with Gasteiger partial charge in [-0.2, -0.15) is 0 Å². The van der Waals surface area contributed by atoms with Crippen molar-refractivity contribution in [2.45, 2.75) is 37.2 Å². The van der Waals surface area contributed by atoms with Crippen molar-refractivity contribution in [1.29, 1.82) is 0 Å². The zero-order chi connectivity index (χ0) is 22.7. The third-order valence-electron chi connectivity index (χ3n) is 5.84. The zero-order valence-corrected chi connectivity index (χ0v) is 19.2. The van der Waals surface area contributed by atoms with Gasteiger partial charge in [0.15, 0.2) is 9.84 Å². The van der Waals surface area contributed by atoms with E-state index in [9.17, 15) is 13.2 Å². The molecule has 0 aliphatic carbocycles. The van der Waals surface area contributed by atoms with Crippen molar-refractivity contribution in [3.63, 3.8) is 0 Å². The first-order valence-electron chi connectivity index (χ1n) is 10.9. The van der Waals surface area contributed by atoms with Crippen molar-refractivity contribution in [2.24, 2.45) is 0 Å². The Morgan fingerprint density at radius 1 is 1.19 bits per heavy atom. The number of hydrogen-bond acceptors (Lipinski definition) is 5. The van der Waals surface area contributed by atoms with Crippen molar-refractivity contribution in [3.05, 3.63) is 59.8 Å². The highest BCUT2D eigenvalue weighted by Gasteiger charge is 2.22. The fourth-order valence-electron chi connectivity index (χ4n) is 4.19. The molecule has 0 spiro atoms. The summed E-state index contributed by atoms with van der Waals surface area (Å²) in [4.78, 5) is 18.4. The molecule has 1 aliphatic heterocycles. The van der Waals surface area contributed by atoms with E-state index in [0.717, 1.165) is 55.4 Å². The number of aromatic nitrogens is 1. The molecule has 2 heterocycles. The molecule has 0 unspecified atom stereocenters. The van der Waals surface area contributed by atoms with Gasteiger partial charge in [-0.1, -0.05) is 6.07 Å². The molecule has 1 fully saturated rings. The van der Waals surface area contributed by atoms with Crippen LogP contribution < -0.4 is 10.1 Å². The van der Waals surface area contributed by atoms with E-state index >= 15 is 0 Å². The van der Waals surface area contributed by atoms with Crippen LogP contribution in [0.15, 0.2) is 53.6 Å². The van der Waals surface area contributed by atoms with E-state index < -0.39 is 9.84 Å². The number of fused-ring (bicyclic) bond motifs is 1. The van der Waals surface area contributed by atoms with Crippen LogP contribution in [0.25, 0.3) is 10.9 Å². The van der Waals surface area contributed by atoms with Gasteiger partial charge >= 0.3 is 0 Å². The van der Waals surface area contributed by atoms with Gasteiger partial charge in [-0.05, 0) is 61.7 Å². The molecule has 1 aromatic heterocycles. The Morgan fingerprint density at radius 2 is 1.97 bits per heavy atom. The van der Waals surface area contributed by atoms with Crippen molar-refractivity contribution in [3.8, 4) is 5.75 Å². The van der Waals surface area contributed by atoms with E-state index in [1.54, 1.807) is 12.1 Å². The van der Waals surface area contributed by atoms with Crippen LogP contribution in [0.3, 0.4) is 0 Å². The van der Waals surface area contributed by atoms with E-state index in [1.165, 1.54) is 17.7 Å². The van der Waals surface area contributed by atoms with Gasteiger partial charge in [0.1, 0.15) is 5.75 Å². The number of H-pyrrole nitrogens is 1. The number of likely N-dealkylation sites (tertiary alicyclic amines) is 1. The van der Waals surface area contributed by atoms with E-state index in [0.29, 0.717) is 12.2 Å². The first-order chi connectivity index (χ1) is 15.3. The molecule has 2 aromatic carbocycles. The molecule has 0 radical (unpaired) electrons. The summed E-state index contributed by atoms with van der Waals surface area (Å²) in [5.74, 6) is 0.673. The molecule has 3 aromatic rings. The molecule has 0 atom stereocenters. The van der Waals surface area contributed by atoms with Crippen LogP contribution in [0, 0.1) is 0 Å². The molecule has 170 valence electrons. The van der Waals surface area contributed by atoms with Gasteiger partial charge in [0.25, 0.3) is 5.91 Å². The molecule has 0 bridgehead atoms. The van der Waals surface area contributed by atoms with Crippen LogP contribution in [0.2, 0.25) is 0 Å². The molecule has 1 amide bonds. The predicted octanol–water partition coefficient (Wildman–Crippen LogP) is 3.36. The van der Waals surface area contributed by atoms with E-state index in [1.807, 2.05) is 19.2 Å². The quantitative estimate of drug-likeness (QED) is 0.570. The number of carbonyl (C=O) groups excluding carboxylic acids is 1. The number of piperidine rings is 1. The maximum Gasteiger partial charge on any atom is 0.251 e. The average molecular weight is 456 g/mol. The third-order valence-corrected chi connectivity index (χ3v) is 6.95. The summed E-state index contributed by atoms with van der Waals surface area (Å²) in [6.07, 6.45) is 4.77. The molecular weight excluding hydrogens is 426 g/mol. The first-order valence-corrected chi connectivity index (χ1v) is 12.8. The maximum absolute atomic E-state index is 12.6. The van der Waals surface area contributed by atoms with Crippen molar-refractivity contribution in [2.75, 3.05) is 26.0 Å². The summed E-state index contributed by atoms with van der Waals surface area (Å²) >= 11 is 0. The molecule has 4 rings (SSSR count). The van der Waals surface area contributed by atoms with Gasteiger partial charge in [0, 0.05) is 54.6 Å². The Hall–Kier alpha value is -2.84. The summed E-state index contributed by atoms with van der Waals surface area (Å²) in [6, 6.07) is 12.6. The minimum atomic E-state index is -3.34. The molecule has 8 heteroatoms. The SMILES string of the molecule is CCOc1cc(CN2CCC(NC(=O)c3cccc(S(C)(=O)=O)c3)CC2)cc2[nH]ccc12. The number of hydrogen-bond donors (Lipinski definition) is 2. The van der Waals surface area contributed by atoms with E-state index in [4.69, 9.17) is 4.74 Å². The number of ether oxygens (including phenoxy) is 1. The lowest BCUT2D eigenvalue weighted by molar-refractivity contribution is 0.0908. The number of sulfone groups is 1. The molecule has 1 saturated heterocycles. The molecule has 2 N–H and O–H groups in total. The van der Waals surface area contributed by atoms with E-state index in [2.05, 4.69) is 27.3 Å². The predicted molar refractivity (Wildman–Crippen MR) is 125 cm³/mol. The Labute approximate surface area is 188 Å². The van der Waals surface area contributed by atoms with Gasteiger partial charge in [-0.25, -0.2) is 8.42 Å². The highest BCUT2D eigenvalue weighted by molar-refractivity contribution is 7.90. The smallest absolute Gasteiger partial charge is 0.251 e. The molecular formula is C24H29N3O4S. The van der Waals surface area contributed by atoms with Gasteiger partial charge in [-0.3, -0.25) is 9.69 Å². The molecule has 1 aliphatic rings. The molecule has 32 heavy (non-hydrogen) atoms. The zero-order valence-electron chi connectivity index (χ0n) is 18.4. The Balaban J connectivity index is 1.35. The van der Waals surface area contributed by atoms with Crippen molar-refractivity contribution >= 4 is 26.6 Å². The lowest BCUT2D eigenvalue weighted by atomic mass is 10.0. The van der Waals surface area contributed by atoms with Gasteiger partial charge in [0.2, 0.25) is 0 Å². The van der Waals surface area contributed by atoms with Crippen LogP contribution in [-0.2, 0) is 16.4 Å². The Morgan fingerprint density at radius 3 is 2.69 bits per heavy atom. The van der Waals surface area contributed by atoms with E-state index in [-0.39, 0.29) is 16.8 Å². The minimum Gasteiger partial charge on any atom is -0.493 e. The average Bonchev–Trinajstić information content (AvgIpc) is 3.24. The van der Waals surface area contributed by atoms with Gasteiger partial charge < -0.3 is 15.0 Å².